The normalized spacial score (nSPS) is 18.0. The molecule has 0 atom stereocenters. The van der Waals surface area contributed by atoms with Crippen molar-refractivity contribution in [2.45, 2.75) is 44.9 Å². The van der Waals surface area contributed by atoms with Gasteiger partial charge in [0.05, 0.1) is 5.69 Å². The summed E-state index contributed by atoms with van der Waals surface area (Å²) in [4.78, 5) is 4.58. The third-order valence-corrected chi connectivity index (χ3v) is 6.41. The largest absolute Gasteiger partial charge is 0.256 e. The lowest BCUT2D eigenvalue weighted by molar-refractivity contribution is 0.203. The van der Waals surface area contributed by atoms with E-state index in [0.717, 1.165) is 5.69 Å². The van der Waals surface area contributed by atoms with Crippen LogP contribution in [0.15, 0.2) is 66.9 Å². The van der Waals surface area contributed by atoms with Crippen LogP contribution >= 0.6 is 0 Å². The second-order valence-corrected chi connectivity index (χ2v) is 8.19. The Hall–Kier alpha value is -2.41. The van der Waals surface area contributed by atoms with E-state index in [4.69, 9.17) is 0 Å². The Morgan fingerprint density at radius 1 is 0.654 bits per heavy atom. The highest BCUT2D eigenvalue weighted by molar-refractivity contribution is 5.71. The molecule has 0 aliphatic heterocycles. The van der Waals surface area contributed by atoms with Gasteiger partial charge in [-0.25, -0.2) is 0 Å². The van der Waals surface area contributed by atoms with Crippen LogP contribution in [0.4, 0.5) is 0 Å². The lowest BCUT2D eigenvalue weighted by Gasteiger charge is -2.33. The summed E-state index contributed by atoms with van der Waals surface area (Å²) in [6.07, 6.45) is 11.6. The minimum atomic E-state index is 0.576. The highest BCUT2D eigenvalue weighted by Crippen LogP contribution is 2.47. The van der Waals surface area contributed by atoms with Crippen LogP contribution in [0.3, 0.4) is 0 Å². The average molecular weight is 339 g/mol. The van der Waals surface area contributed by atoms with Crippen LogP contribution < -0.4 is 0 Å². The maximum atomic E-state index is 4.58. The fourth-order valence-electron chi connectivity index (χ4n) is 5.05. The molecule has 0 amide bonds. The molecule has 1 spiro atoms. The summed E-state index contributed by atoms with van der Waals surface area (Å²) in [5.41, 5.74) is 8.58. The third-order valence-electron chi connectivity index (χ3n) is 6.41. The first-order chi connectivity index (χ1) is 12.8. The molecule has 1 fully saturated rings. The van der Waals surface area contributed by atoms with Crippen molar-refractivity contribution in [3.63, 3.8) is 0 Å². The molecule has 0 saturated heterocycles. The summed E-state index contributed by atoms with van der Waals surface area (Å²) in [5.74, 6) is 0. The van der Waals surface area contributed by atoms with Crippen molar-refractivity contribution in [1.29, 1.82) is 0 Å². The van der Waals surface area contributed by atoms with E-state index >= 15 is 0 Å². The van der Waals surface area contributed by atoms with E-state index in [2.05, 4.69) is 65.6 Å². The first-order valence-corrected chi connectivity index (χ1v) is 9.95. The smallest absolute Gasteiger partial charge is 0.0708 e. The Bertz CT molecular complexity index is 920. The molecule has 0 unspecified atom stereocenters. The number of hydrogen-bond acceptors (Lipinski definition) is 1. The molecule has 2 aromatic carbocycles. The minimum absolute atomic E-state index is 0.576. The topological polar surface area (TPSA) is 12.9 Å². The Labute approximate surface area is 156 Å². The van der Waals surface area contributed by atoms with Crippen LogP contribution in [0.1, 0.15) is 43.2 Å². The maximum Gasteiger partial charge on any atom is 0.0708 e. The van der Waals surface area contributed by atoms with Gasteiger partial charge in [0.1, 0.15) is 0 Å². The van der Waals surface area contributed by atoms with Gasteiger partial charge in [0.15, 0.2) is 0 Å². The van der Waals surface area contributed by atoms with E-state index in [1.807, 2.05) is 6.20 Å². The highest BCUT2D eigenvalue weighted by atomic mass is 14.7. The molecular weight excluding hydrogens is 314 g/mol. The van der Waals surface area contributed by atoms with Gasteiger partial charge >= 0.3 is 0 Å². The fraction of sp³-hybridized carbons (Fsp3) is 0.320. The summed E-state index contributed by atoms with van der Waals surface area (Å²) < 4.78 is 0. The molecule has 5 rings (SSSR count). The Morgan fingerprint density at radius 2 is 1.42 bits per heavy atom. The van der Waals surface area contributed by atoms with Gasteiger partial charge in [-0.1, -0.05) is 67.8 Å². The minimum Gasteiger partial charge on any atom is -0.256 e. The van der Waals surface area contributed by atoms with E-state index in [-0.39, 0.29) is 0 Å². The van der Waals surface area contributed by atoms with Crippen LogP contribution in [0.5, 0.6) is 0 Å². The molecular formula is C25H25N. The number of hydrogen-bond donors (Lipinski definition) is 0. The third kappa shape index (κ3) is 2.86. The van der Waals surface area contributed by atoms with Gasteiger partial charge in [-0.15, -0.1) is 0 Å². The van der Waals surface area contributed by atoms with Gasteiger partial charge < -0.3 is 0 Å². The molecule has 1 nitrogen and oxygen atoms in total. The zero-order chi connectivity index (χ0) is 17.4. The summed E-state index contributed by atoms with van der Waals surface area (Å²) >= 11 is 0. The molecule has 1 heterocycles. The van der Waals surface area contributed by atoms with Crippen LogP contribution in [0.25, 0.3) is 22.4 Å². The number of benzene rings is 2. The van der Waals surface area contributed by atoms with Gasteiger partial charge in [0.25, 0.3) is 0 Å². The maximum absolute atomic E-state index is 4.58. The number of rotatable bonds is 2. The average Bonchev–Trinajstić information content (AvgIpc) is 3.05. The number of aromatic nitrogens is 1. The van der Waals surface area contributed by atoms with Gasteiger partial charge in [-0.2, -0.15) is 0 Å². The predicted molar refractivity (Wildman–Crippen MR) is 108 cm³/mol. The Kier molecular flexibility index (Phi) is 3.89. The van der Waals surface area contributed by atoms with Gasteiger partial charge in [-0.3, -0.25) is 4.98 Å². The molecule has 2 aliphatic carbocycles. The van der Waals surface area contributed by atoms with Crippen molar-refractivity contribution >= 4 is 0 Å². The lowest BCUT2D eigenvalue weighted by Crippen LogP contribution is -2.24. The number of nitrogens with zero attached hydrogens (tertiary/aromatic N) is 1. The van der Waals surface area contributed by atoms with Crippen LogP contribution in [0.2, 0.25) is 0 Å². The molecule has 0 N–H and O–H groups in total. The van der Waals surface area contributed by atoms with E-state index in [9.17, 15) is 0 Å². The zero-order valence-corrected chi connectivity index (χ0v) is 15.2. The quantitative estimate of drug-likeness (QED) is 0.522. The molecule has 1 saturated carbocycles. The second kappa shape index (κ2) is 6.39. The van der Waals surface area contributed by atoms with Crippen molar-refractivity contribution in [2.75, 3.05) is 0 Å². The van der Waals surface area contributed by atoms with Gasteiger partial charge in [0.2, 0.25) is 0 Å². The first-order valence-electron chi connectivity index (χ1n) is 9.95. The monoisotopic (exact) mass is 339 g/mol. The molecule has 2 aliphatic rings. The Morgan fingerprint density at radius 3 is 2.27 bits per heavy atom. The summed E-state index contributed by atoms with van der Waals surface area (Å²) in [5, 5.41) is 0. The SMILES string of the molecule is c1ccc(-c2cc(-c3ccc4c(c3)CC3(CCCCC3)C4)ccn2)cc1. The lowest BCUT2D eigenvalue weighted by atomic mass is 9.72. The van der Waals surface area contributed by atoms with E-state index in [1.54, 1.807) is 11.1 Å². The van der Waals surface area contributed by atoms with Gasteiger partial charge in [-0.05, 0) is 65.5 Å². The fourth-order valence-corrected chi connectivity index (χ4v) is 5.05. The molecule has 1 heteroatoms. The zero-order valence-electron chi connectivity index (χ0n) is 15.2. The van der Waals surface area contributed by atoms with Crippen molar-refractivity contribution in [2.24, 2.45) is 5.41 Å². The van der Waals surface area contributed by atoms with Crippen molar-refractivity contribution in [3.05, 3.63) is 78.0 Å². The first kappa shape index (κ1) is 15.8. The standard InChI is InChI=1S/C25H25N/c1-3-7-19(8-4-1)24-16-21(11-14-26-24)20-9-10-22-17-25(18-23(22)15-20)12-5-2-6-13-25/h1,3-4,7-11,14-16H,2,5-6,12-13,17-18H2. The van der Waals surface area contributed by atoms with Crippen molar-refractivity contribution in [3.8, 4) is 22.4 Å². The van der Waals surface area contributed by atoms with E-state index < -0.39 is 0 Å². The molecule has 130 valence electrons. The molecule has 0 bridgehead atoms. The molecule has 0 radical (unpaired) electrons. The predicted octanol–water partition coefficient (Wildman–Crippen LogP) is 6.46. The second-order valence-electron chi connectivity index (χ2n) is 8.19. The number of pyridine rings is 1. The molecule has 26 heavy (non-hydrogen) atoms. The van der Waals surface area contributed by atoms with Gasteiger partial charge in [0, 0.05) is 11.8 Å². The van der Waals surface area contributed by atoms with E-state index in [0.29, 0.717) is 5.41 Å². The Balaban J connectivity index is 1.47. The molecule has 1 aromatic heterocycles. The molecule has 3 aromatic rings. The summed E-state index contributed by atoms with van der Waals surface area (Å²) in [7, 11) is 0. The van der Waals surface area contributed by atoms with Crippen molar-refractivity contribution < 1.29 is 0 Å². The van der Waals surface area contributed by atoms with Crippen LogP contribution in [-0.4, -0.2) is 4.98 Å². The highest BCUT2D eigenvalue weighted by Gasteiger charge is 2.37. The van der Waals surface area contributed by atoms with Crippen LogP contribution in [-0.2, 0) is 12.8 Å². The summed E-state index contributed by atoms with van der Waals surface area (Å²) in [6.45, 7) is 0. The number of fused-ring (bicyclic) bond motifs is 1. The van der Waals surface area contributed by atoms with Crippen molar-refractivity contribution in [1.82, 2.24) is 4.98 Å². The van der Waals surface area contributed by atoms with Crippen LogP contribution in [0, 0.1) is 5.41 Å². The summed E-state index contributed by atoms with van der Waals surface area (Å²) in [6, 6.07) is 22.0. The van der Waals surface area contributed by atoms with E-state index in [1.165, 1.54) is 61.6 Å².